The molecule has 12 heteroatoms. The average Bonchev–Trinajstić information content (AvgIpc) is 3.22. The quantitative estimate of drug-likeness (QED) is 0.396. The Hall–Kier alpha value is -2.21. The number of aliphatic imine (C=N–C) groups is 1. The number of aromatic nitrogens is 4. The molecule has 0 unspecified atom stereocenters. The Balaban J connectivity index is 1.99. The number of rotatable bonds is 8. The number of halogens is 3. The monoisotopic (exact) mass is 405 g/mol. The van der Waals surface area contributed by atoms with E-state index in [2.05, 4.69) is 30.8 Å². The fourth-order valence-corrected chi connectivity index (χ4v) is 2.76. The fraction of sp³-hybridized carbons (Fsp3) is 0.600. The molecule has 0 aliphatic heterocycles. The Labute approximate surface area is 158 Å². The van der Waals surface area contributed by atoms with Gasteiger partial charge in [-0.05, 0) is 13.3 Å². The zero-order valence-corrected chi connectivity index (χ0v) is 16.1. The second kappa shape index (κ2) is 9.65. The van der Waals surface area contributed by atoms with Gasteiger partial charge in [0.05, 0.1) is 6.54 Å². The number of nitrogens with one attached hydrogen (secondary N) is 2. The lowest BCUT2D eigenvalue weighted by molar-refractivity contribution is -0.140. The van der Waals surface area contributed by atoms with Crippen LogP contribution in [0.4, 0.5) is 13.2 Å². The summed E-state index contributed by atoms with van der Waals surface area (Å²) in [5.41, 5.74) is -0.884. The smallest absolute Gasteiger partial charge is 0.385 e. The molecule has 0 aliphatic carbocycles. The van der Waals surface area contributed by atoms with Crippen LogP contribution in [0.5, 0.6) is 0 Å². The summed E-state index contributed by atoms with van der Waals surface area (Å²) in [4.78, 5) is 8.02. The van der Waals surface area contributed by atoms with E-state index in [0.29, 0.717) is 29.9 Å². The third-order valence-corrected chi connectivity index (χ3v) is 4.48. The van der Waals surface area contributed by atoms with E-state index in [4.69, 9.17) is 4.74 Å². The van der Waals surface area contributed by atoms with Crippen molar-refractivity contribution in [1.82, 2.24) is 30.4 Å². The van der Waals surface area contributed by atoms with Crippen molar-refractivity contribution in [1.29, 1.82) is 0 Å². The molecule has 2 heterocycles. The molecule has 2 aromatic heterocycles. The molecule has 27 heavy (non-hydrogen) atoms. The van der Waals surface area contributed by atoms with Gasteiger partial charge in [0.15, 0.2) is 17.5 Å². The summed E-state index contributed by atoms with van der Waals surface area (Å²) in [5.74, 6) is 1.90. The van der Waals surface area contributed by atoms with Gasteiger partial charge in [-0.2, -0.15) is 13.2 Å². The van der Waals surface area contributed by atoms with Gasteiger partial charge in [-0.3, -0.25) is 0 Å². The highest BCUT2D eigenvalue weighted by Gasteiger charge is 2.33. The molecule has 0 radical (unpaired) electrons. The van der Waals surface area contributed by atoms with Crippen LogP contribution in [0.3, 0.4) is 0 Å². The summed E-state index contributed by atoms with van der Waals surface area (Å²) in [6, 6.07) is 0. The van der Waals surface area contributed by atoms with E-state index in [-0.39, 0.29) is 13.1 Å². The molecular weight excluding hydrogens is 383 g/mol. The van der Waals surface area contributed by atoms with Crippen LogP contribution in [0, 0.1) is 6.92 Å². The maximum absolute atomic E-state index is 12.6. The van der Waals surface area contributed by atoms with Crippen molar-refractivity contribution < 1.29 is 17.9 Å². The molecule has 0 saturated heterocycles. The molecular formula is C15H22F3N7OS. The van der Waals surface area contributed by atoms with E-state index in [9.17, 15) is 13.2 Å². The van der Waals surface area contributed by atoms with Gasteiger partial charge in [0.2, 0.25) is 0 Å². The molecule has 0 bridgehead atoms. The van der Waals surface area contributed by atoms with E-state index in [1.165, 1.54) is 0 Å². The number of ether oxygens (including phenoxy) is 1. The zero-order valence-electron chi connectivity index (χ0n) is 15.3. The number of methoxy groups -OCH3 is 1. The highest BCUT2D eigenvalue weighted by Crippen LogP contribution is 2.29. The Morgan fingerprint density at radius 3 is 2.70 bits per heavy atom. The average molecular weight is 405 g/mol. The third kappa shape index (κ3) is 6.47. The third-order valence-electron chi connectivity index (χ3n) is 3.63. The maximum Gasteiger partial charge on any atom is 0.434 e. The van der Waals surface area contributed by atoms with Crippen LogP contribution in [-0.4, -0.2) is 46.0 Å². The molecule has 0 atom stereocenters. The first kappa shape index (κ1) is 21.1. The number of alkyl halides is 3. The van der Waals surface area contributed by atoms with Crippen LogP contribution in [-0.2, 0) is 31.1 Å². The molecule has 0 aliphatic rings. The predicted molar refractivity (Wildman–Crippen MR) is 95.3 cm³/mol. The molecule has 150 valence electrons. The lowest BCUT2D eigenvalue weighted by Crippen LogP contribution is -2.38. The van der Waals surface area contributed by atoms with E-state index >= 15 is 0 Å². The Bertz CT molecular complexity index is 757. The topological polar surface area (TPSA) is 89.2 Å². The molecule has 8 nitrogen and oxygen atoms in total. The number of thiazole rings is 1. The minimum atomic E-state index is -4.44. The molecule has 2 aromatic rings. The fourth-order valence-electron chi connectivity index (χ4n) is 2.02. The first-order valence-corrected chi connectivity index (χ1v) is 9.06. The SMILES string of the molecule is COCCCNC(=NCc1nnc(C)n1C)NCc1nc(C(F)(F)F)cs1. The zero-order chi connectivity index (χ0) is 19.9. The molecule has 2 N–H and O–H groups in total. The predicted octanol–water partition coefficient (Wildman–Crippen LogP) is 1.87. The van der Waals surface area contributed by atoms with Crippen LogP contribution in [0.1, 0.15) is 28.8 Å². The van der Waals surface area contributed by atoms with Crippen molar-refractivity contribution in [2.75, 3.05) is 20.3 Å². The van der Waals surface area contributed by atoms with Crippen molar-refractivity contribution in [3.05, 3.63) is 27.7 Å². The highest BCUT2D eigenvalue weighted by molar-refractivity contribution is 7.09. The number of nitrogens with zero attached hydrogens (tertiary/aromatic N) is 5. The van der Waals surface area contributed by atoms with Crippen molar-refractivity contribution in [2.45, 2.75) is 32.6 Å². The van der Waals surface area contributed by atoms with Gasteiger partial charge < -0.3 is 19.9 Å². The summed E-state index contributed by atoms with van der Waals surface area (Å²) < 4.78 is 44.8. The van der Waals surface area contributed by atoms with Gasteiger partial charge >= 0.3 is 6.18 Å². The molecule has 0 fully saturated rings. The number of aryl methyl sites for hydroxylation is 1. The van der Waals surface area contributed by atoms with Crippen LogP contribution >= 0.6 is 11.3 Å². The first-order valence-electron chi connectivity index (χ1n) is 8.19. The Morgan fingerprint density at radius 1 is 1.33 bits per heavy atom. The minimum Gasteiger partial charge on any atom is -0.385 e. The van der Waals surface area contributed by atoms with Crippen LogP contribution in [0.2, 0.25) is 0 Å². The Morgan fingerprint density at radius 2 is 2.11 bits per heavy atom. The number of hydrogen-bond donors (Lipinski definition) is 2. The second-order valence-electron chi connectivity index (χ2n) is 5.64. The summed E-state index contributed by atoms with van der Waals surface area (Å²) >= 11 is 0.948. The van der Waals surface area contributed by atoms with Crippen molar-refractivity contribution >= 4 is 17.3 Å². The molecule has 0 amide bonds. The van der Waals surface area contributed by atoms with Crippen molar-refractivity contribution in [3.63, 3.8) is 0 Å². The van der Waals surface area contributed by atoms with E-state index < -0.39 is 11.9 Å². The summed E-state index contributed by atoms with van der Waals surface area (Å²) in [7, 11) is 3.46. The highest BCUT2D eigenvalue weighted by atomic mass is 32.1. The number of hydrogen-bond acceptors (Lipinski definition) is 6. The van der Waals surface area contributed by atoms with Gasteiger partial charge in [0, 0.05) is 32.7 Å². The van der Waals surface area contributed by atoms with Gasteiger partial charge in [-0.25, -0.2) is 9.98 Å². The molecule has 0 spiro atoms. The van der Waals surface area contributed by atoms with E-state index in [0.717, 1.165) is 29.0 Å². The lowest BCUT2D eigenvalue weighted by atomic mass is 10.4. The second-order valence-corrected chi connectivity index (χ2v) is 6.58. The summed E-state index contributed by atoms with van der Waals surface area (Å²) in [6.45, 7) is 3.44. The molecule has 2 rings (SSSR count). The number of guanidine groups is 1. The van der Waals surface area contributed by atoms with Crippen LogP contribution in [0.15, 0.2) is 10.4 Å². The van der Waals surface area contributed by atoms with Crippen molar-refractivity contribution in [2.24, 2.45) is 12.0 Å². The normalized spacial score (nSPS) is 12.4. The van der Waals surface area contributed by atoms with Gasteiger partial charge in [0.1, 0.15) is 17.4 Å². The van der Waals surface area contributed by atoms with E-state index in [1.807, 2.05) is 18.5 Å². The summed E-state index contributed by atoms with van der Waals surface area (Å²) in [5, 5.41) is 15.4. The molecule has 0 saturated carbocycles. The van der Waals surface area contributed by atoms with E-state index in [1.54, 1.807) is 7.11 Å². The van der Waals surface area contributed by atoms with Gasteiger partial charge in [0.25, 0.3) is 0 Å². The minimum absolute atomic E-state index is 0.134. The summed E-state index contributed by atoms with van der Waals surface area (Å²) in [6.07, 6.45) is -3.68. The molecule has 0 aromatic carbocycles. The van der Waals surface area contributed by atoms with Gasteiger partial charge in [-0.15, -0.1) is 21.5 Å². The lowest BCUT2D eigenvalue weighted by Gasteiger charge is -2.11. The van der Waals surface area contributed by atoms with Gasteiger partial charge in [-0.1, -0.05) is 0 Å². The van der Waals surface area contributed by atoms with Crippen LogP contribution < -0.4 is 10.6 Å². The Kier molecular flexibility index (Phi) is 7.54. The van der Waals surface area contributed by atoms with Crippen LogP contribution in [0.25, 0.3) is 0 Å². The largest absolute Gasteiger partial charge is 0.434 e. The first-order chi connectivity index (χ1) is 12.8. The maximum atomic E-state index is 12.6. The van der Waals surface area contributed by atoms with Crippen molar-refractivity contribution in [3.8, 4) is 0 Å². The standard InChI is InChI=1S/C15H22F3N7OS/c1-10-23-24-12(25(10)2)7-20-14(19-5-4-6-26-3)21-8-13-22-11(9-27-13)15(16,17)18/h9H,4-8H2,1-3H3,(H2,19,20,21).